The molecule has 0 aliphatic carbocycles. The molecule has 0 radical (unpaired) electrons. The molecule has 0 spiro atoms. The minimum absolute atomic E-state index is 0.239. The van der Waals surface area contributed by atoms with Crippen molar-refractivity contribution < 1.29 is 4.74 Å². The van der Waals surface area contributed by atoms with Gasteiger partial charge in [0.05, 0.1) is 17.9 Å². The zero-order chi connectivity index (χ0) is 21.1. The van der Waals surface area contributed by atoms with Crippen LogP contribution in [0.5, 0.6) is 5.75 Å². The lowest BCUT2D eigenvalue weighted by Gasteiger charge is -2.10. The number of nitrogens with one attached hydrogen (secondary N) is 1. The summed E-state index contributed by atoms with van der Waals surface area (Å²) >= 11 is 0. The van der Waals surface area contributed by atoms with Crippen LogP contribution in [-0.4, -0.2) is 41.1 Å². The normalized spacial score (nSPS) is 11.3. The first kappa shape index (κ1) is 19.8. The third-order valence-electron chi connectivity index (χ3n) is 4.85. The lowest BCUT2D eigenvalue weighted by molar-refractivity contribution is 0.318. The zero-order valence-electron chi connectivity index (χ0n) is 17.4. The summed E-state index contributed by atoms with van der Waals surface area (Å²) in [5.74, 6) is 1.89. The van der Waals surface area contributed by atoms with Gasteiger partial charge in [-0.1, -0.05) is 32.4 Å². The molecule has 0 bridgehead atoms. The summed E-state index contributed by atoms with van der Waals surface area (Å²) < 4.78 is 9.20. The summed E-state index contributed by atoms with van der Waals surface area (Å²) in [5.41, 5.74) is 2.37. The zero-order valence-corrected chi connectivity index (χ0v) is 17.4. The fourth-order valence-corrected chi connectivity index (χ4v) is 3.40. The molecule has 3 aromatic heterocycles. The van der Waals surface area contributed by atoms with E-state index >= 15 is 0 Å². The molecule has 0 aliphatic heterocycles. The van der Waals surface area contributed by atoms with Gasteiger partial charge >= 0.3 is 0 Å². The van der Waals surface area contributed by atoms with Gasteiger partial charge in [0.15, 0.2) is 5.52 Å². The molecule has 9 nitrogen and oxygen atoms in total. The van der Waals surface area contributed by atoms with Crippen molar-refractivity contribution in [2.75, 3.05) is 6.61 Å². The number of hydrogen-bond donors (Lipinski definition) is 1. The predicted molar refractivity (Wildman–Crippen MR) is 113 cm³/mol. The van der Waals surface area contributed by atoms with E-state index in [1.54, 1.807) is 9.36 Å². The maximum Gasteiger partial charge on any atom is 0.277 e. The number of aromatic nitrogens is 7. The smallest absolute Gasteiger partial charge is 0.277 e. The van der Waals surface area contributed by atoms with Crippen molar-refractivity contribution in [3.63, 3.8) is 0 Å². The summed E-state index contributed by atoms with van der Waals surface area (Å²) in [6, 6.07) is 7.60. The van der Waals surface area contributed by atoms with E-state index in [1.807, 2.05) is 31.3 Å². The second-order valence-corrected chi connectivity index (χ2v) is 7.11. The van der Waals surface area contributed by atoms with Gasteiger partial charge in [-0.2, -0.15) is 10.2 Å². The Kier molecular flexibility index (Phi) is 5.60. The highest BCUT2D eigenvalue weighted by Gasteiger charge is 2.19. The van der Waals surface area contributed by atoms with E-state index < -0.39 is 0 Å². The molecule has 0 amide bonds. The van der Waals surface area contributed by atoms with E-state index in [0.29, 0.717) is 41.6 Å². The van der Waals surface area contributed by atoms with Crippen LogP contribution >= 0.6 is 0 Å². The van der Waals surface area contributed by atoms with Crippen molar-refractivity contribution in [1.29, 1.82) is 0 Å². The van der Waals surface area contributed by atoms with Crippen LogP contribution in [0.25, 0.3) is 22.4 Å². The number of rotatable bonds is 8. The lowest BCUT2D eigenvalue weighted by atomic mass is 10.1. The largest absolute Gasteiger partial charge is 0.493 e. The minimum atomic E-state index is -0.239. The van der Waals surface area contributed by atoms with Crippen molar-refractivity contribution in [3.05, 3.63) is 52.5 Å². The van der Waals surface area contributed by atoms with E-state index in [9.17, 15) is 4.79 Å². The summed E-state index contributed by atoms with van der Waals surface area (Å²) in [6.45, 7) is 5.07. The number of H-pyrrole nitrogens is 1. The number of aromatic amines is 1. The standard InChI is InChI=1S/C21H25N7O2/c1-4-8-15-18-19(28(26-15)12-17-22-13-23-27(17)3)21(29)25-20(24-18)14-9-6-7-10-16(14)30-11-5-2/h6-7,9-10,13H,4-5,8,11-12H2,1-3H3,(H,24,25,29). The first-order valence-corrected chi connectivity index (χ1v) is 10.2. The number of nitrogens with zero attached hydrogens (tertiary/aromatic N) is 6. The van der Waals surface area contributed by atoms with Crippen LogP contribution in [0.4, 0.5) is 0 Å². The average molecular weight is 407 g/mol. The molecule has 0 aliphatic rings. The highest BCUT2D eigenvalue weighted by Crippen LogP contribution is 2.28. The number of aryl methyl sites for hydroxylation is 2. The highest BCUT2D eigenvalue weighted by molar-refractivity contribution is 5.79. The molecule has 0 atom stereocenters. The molecule has 0 saturated carbocycles. The molecule has 3 heterocycles. The van der Waals surface area contributed by atoms with Gasteiger partial charge in [-0.25, -0.2) is 14.6 Å². The van der Waals surface area contributed by atoms with Crippen molar-refractivity contribution in [2.45, 2.75) is 39.7 Å². The molecule has 4 rings (SSSR count). The minimum Gasteiger partial charge on any atom is -0.493 e. The summed E-state index contributed by atoms with van der Waals surface area (Å²) in [7, 11) is 1.81. The summed E-state index contributed by atoms with van der Waals surface area (Å²) in [5, 5.41) is 8.78. The van der Waals surface area contributed by atoms with Crippen LogP contribution < -0.4 is 10.3 Å². The Labute approximate surface area is 173 Å². The molecular weight excluding hydrogens is 382 g/mol. The predicted octanol–water partition coefficient (Wildman–Crippen LogP) is 2.70. The lowest BCUT2D eigenvalue weighted by Crippen LogP contribution is -2.16. The van der Waals surface area contributed by atoms with Gasteiger partial charge in [0, 0.05) is 7.05 Å². The summed E-state index contributed by atoms with van der Waals surface area (Å²) in [4.78, 5) is 25.1. The van der Waals surface area contributed by atoms with Gasteiger partial charge < -0.3 is 9.72 Å². The number of hydrogen-bond acceptors (Lipinski definition) is 6. The third-order valence-corrected chi connectivity index (χ3v) is 4.85. The van der Waals surface area contributed by atoms with Gasteiger partial charge in [0.25, 0.3) is 5.56 Å². The number of benzene rings is 1. The SMILES string of the molecule is CCCOc1ccccc1-c1nc2c(CCC)nn(Cc3ncnn3C)c2c(=O)[nH]1. The van der Waals surface area contributed by atoms with Crippen LogP contribution in [0, 0.1) is 0 Å². The van der Waals surface area contributed by atoms with Gasteiger partial charge in [-0.15, -0.1) is 0 Å². The van der Waals surface area contributed by atoms with Crippen molar-refractivity contribution in [2.24, 2.45) is 7.05 Å². The molecule has 4 aromatic rings. The second-order valence-electron chi connectivity index (χ2n) is 7.11. The van der Waals surface area contributed by atoms with E-state index in [-0.39, 0.29) is 5.56 Å². The Morgan fingerprint density at radius 2 is 2.00 bits per heavy atom. The molecule has 0 fully saturated rings. The van der Waals surface area contributed by atoms with E-state index in [1.165, 1.54) is 6.33 Å². The van der Waals surface area contributed by atoms with Gasteiger partial charge in [-0.3, -0.25) is 9.48 Å². The maximum absolute atomic E-state index is 13.1. The van der Waals surface area contributed by atoms with Crippen molar-refractivity contribution in [3.8, 4) is 17.1 Å². The van der Waals surface area contributed by atoms with Crippen LogP contribution in [0.1, 0.15) is 38.2 Å². The molecule has 0 unspecified atom stereocenters. The van der Waals surface area contributed by atoms with Crippen LogP contribution in [0.2, 0.25) is 0 Å². The Hall–Kier alpha value is -3.49. The Bertz CT molecular complexity index is 1220. The fourth-order valence-electron chi connectivity index (χ4n) is 3.40. The van der Waals surface area contributed by atoms with Gasteiger partial charge in [-0.05, 0) is 25.0 Å². The van der Waals surface area contributed by atoms with E-state index in [4.69, 9.17) is 9.72 Å². The fraction of sp³-hybridized carbons (Fsp3) is 0.381. The monoisotopic (exact) mass is 407 g/mol. The third kappa shape index (κ3) is 3.70. The van der Waals surface area contributed by atoms with E-state index in [2.05, 4.69) is 34.0 Å². The molecule has 156 valence electrons. The molecule has 0 saturated heterocycles. The molecule has 1 aromatic carbocycles. The van der Waals surface area contributed by atoms with Crippen molar-refractivity contribution >= 4 is 11.0 Å². The molecular formula is C21H25N7O2. The Balaban J connectivity index is 1.85. The number of para-hydroxylation sites is 1. The van der Waals surface area contributed by atoms with Crippen molar-refractivity contribution in [1.82, 2.24) is 34.5 Å². The molecule has 1 N–H and O–H groups in total. The summed E-state index contributed by atoms with van der Waals surface area (Å²) in [6.07, 6.45) is 4.01. The Morgan fingerprint density at radius 1 is 1.17 bits per heavy atom. The van der Waals surface area contributed by atoms with Gasteiger partial charge in [0.2, 0.25) is 0 Å². The quantitative estimate of drug-likeness (QED) is 0.482. The first-order valence-electron chi connectivity index (χ1n) is 10.2. The second kappa shape index (κ2) is 8.48. The maximum atomic E-state index is 13.1. The number of fused-ring (bicyclic) bond motifs is 1. The van der Waals surface area contributed by atoms with Crippen LogP contribution in [0.15, 0.2) is 35.4 Å². The molecule has 30 heavy (non-hydrogen) atoms. The first-order chi connectivity index (χ1) is 14.6. The average Bonchev–Trinajstić information content (AvgIpc) is 3.31. The van der Waals surface area contributed by atoms with Crippen LogP contribution in [-0.2, 0) is 20.0 Å². The Morgan fingerprint density at radius 3 is 2.73 bits per heavy atom. The van der Waals surface area contributed by atoms with Gasteiger partial charge in [0.1, 0.15) is 35.8 Å². The number of ether oxygens (including phenoxy) is 1. The van der Waals surface area contributed by atoms with E-state index in [0.717, 1.165) is 30.5 Å². The van der Waals surface area contributed by atoms with Crippen LogP contribution in [0.3, 0.4) is 0 Å². The topological polar surface area (TPSA) is 104 Å². The molecule has 9 heteroatoms. The highest BCUT2D eigenvalue weighted by atomic mass is 16.5.